The lowest BCUT2D eigenvalue weighted by atomic mass is 10.1. The van der Waals surface area contributed by atoms with E-state index < -0.39 is 12.2 Å². The van der Waals surface area contributed by atoms with Gasteiger partial charge in [-0.3, -0.25) is 0 Å². The molecule has 1 aromatic rings. The molecule has 1 rings (SSSR count). The Morgan fingerprint density at radius 1 is 1.18 bits per heavy atom. The van der Waals surface area contributed by atoms with Crippen molar-refractivity contribution in [1.82, 2.24) is 5.01 Å². The Balaban J connectivity index is 3.16. The van der Waals surface area contributed by atoms with E-state index in [0.29, 0.717) is 10.6 Å². The highest BCUT2D eigenvalue weighted by atomic mass is 79.9. The van der Waals surface area contributed by atoms with Gasteiger partial charge >= 0.3 is 12.2 Å². The van der Waals surface area contributed by atoms with Gasteiger partial charge in [0.1, 0.15) is 6.07 Å². The highest BCUT2D eigenvalue weighted by Crippen LogP contribution is 2.12. The minimum absolute atomic E-state index is 0.0599. The summed E-state index contributed by atoms with van der Waals surface area (Å²) in [4.78, 5) is 23.6. The van der Waals surface area contributed by atoms with Crippen molar-refractivity contribution in [2.24, 2.45) is 5.10 Å². The normalized spacial score (nSPS) is 10.5. The fourth-order valence-electron chi connectivity index (χ4n) is 1.38. The number of amides is 2. The van der Waals surface area contributed by atoms with Crippen LogP contribution in [0.2, 0.25) is 0 Å². The van der Waals surface area contributed by atoms with Gasteiger partial charge in [0.25, 0.3) is 0 Å². The van der Waals surface area contributed by atoms with E-state index in [1.54, 1.807) is 38.1 Å². The van der Waals surface area contributed by atoms with Crippen LogP contribution >= 0.6 is 15.9 Å². The van der Waals surface area contributed by atoms with Crippen molar-refractivity contribution >= 4 is 33.8 Å². The van der Waals surface area contributed by atoms with Gasteiger partial charge in [0.05, 0.1) is 13.2 Å². The van der Waals surface area contributed by atoms with Crippen molar-refractivity contribution in [1.29, 1.82) is 5.26 Å². The summed E-state index contributed by atoms with van der Waals surface area (Å²) < 4.78 is 10.3. The molecular weight excluding hydrogens is 354 g/mol. The molecule has 0 radical (unpaired) electrons. The highest BCUT2D eigenvalue weighted by Gasteiger charge is 2.25. The molecule has 0 fully saturated rings. The molecule has 116 valence electrons. The Morgan fingerprint density at radius 2 is 1.68 bits per heavy atom. The highest BCUT2D eigenvalue weighted by molar-refractivity contribution is 9.10. The number of halogens is 1. The standard InChI is InChI=1S/C14H14BrN3O4/c1-3-21-13(19)18(14(20)22-4-2)17-12(9-16)10-5-7-11(15)8-6-10/h5-8H,3-4H2,1-2H3/b17-12+. The van der Waals surface area contributed by atoms with Gasteiger partial charge in [0.15, 0.2) is 5.71 Å². The van der Waals surface area contributed by atoms with Crippen molar-refractivity contribution in [2.75, 3.05) is 13.2 Å². The molecule has 2 amide bonds. The van der Waals surface area contributed by atoms with Crippen LogP contribution < -0.4 is 0 Å². The molecule has 0 atom stereocenters. The summed E-state index contributed by atoms with van der Waals surface area (Å²) in [6.07, 6.45) is -2.02. The Labute approximate surface area is 136 Å². The Hall–Kier alpha value is -2.40. The number of carbonyl (C=O) groups is 2. The van der Waals surface area contributed by atoms with E-state index in [-0.39, 0.29) is 18.9 Å². The molecule has 0 aliphatic carbocycles. The molecule has 0 spiro atoms. The topological polar surface area (TPSA) is 92.0 Å². The van der Waals surface area contributed by atoms with Gasteiger partial charge in [0.2, 0.25) is 0 Å². The molecule has 7 nitrogen and oxygen atoms in total. The fraction of sp³-hybridized carbons (Fsp3) is 0.286. The summed E-state index contributed by atoms with van der Waals surface area (Å²) in [5, 5.41) is 13.4. The minimum Gasteiger partial charge on any atom is -0.448 e. The van der Waals surface area contributed by atoms with Gasteiger partial charge in [-0.1, -0.05) is 33.1 Å². The second kappa shape index (κ2) is 8.79. The molecule has 22 heavy (non-hydrogen) atoms. The maximum atomic E-state index is 11.8. The number of rotatable bonds is 4. The average molecular weight is 368 g/mol. The first kappa shape index (κ1) is 17.7. The van der Waals surface area contributed by atoms with Gasteiger partial charge in [-0.2, -0.15) is 5.26 Å². The first-order valence-electron chi connectivity index (χ1n) is 6.41. The molecule has 8 heteroatoms. The van der Waals surface area contributed by atoms with Crippen molar-refractivity contribution in [2.45, 2.75) is 13.8 Å². The van der Waals surface area contributed by atoms with Gasteiger partial charge in [-0.25, -0.2) is 9.59 Å². The molecule has 0 saturated heterocycles. The van der Waals surface area contributed by atoms with E-state index >= 15 is 0 Å². The lowest BCUT2D eigenvalue weighted by Gasteiger charge is -2.14. The largest absolute Gasteiger partial charge is 0.448 e. The molecule has 0 N–H and O–H groups in total. The number of carbonyl (C=O) groups excluding carboxylic acids is 2. The smallest absolute Gasteiger partial charge is 0.440 e. The monoisotopic (exact) mass is 367 g/mol. The number of ether oxygens (including phenoxy) is 2. The van der Waals surface area contributed by atoms with E-state index in [0.717, 1.165) is 4.47 Å². The van der Waals surface area contributed by atoms with Crippen LogP contribution in [0.25, 0.3) is 0 Å². The van der Waals surface area contributed by atoms with Crippen LogP contribution in [0.5, 0.6) is 0 Å². The molecule has 0 aromatic heterocycles. The number of hydrazone groups is 1. The zero-order chi connectivity index (χ0) is 16.5. The predicted molar refractivity (Wildman–Crippen MR) is 82.2 cm³/mol. The van der Waals surface area contributed by atoms with Crippen LogP contribution in [0.1, 0.15) is 19.4 Å². The number of imide groups is 1. The van der Waals surface area contributed by atoms with Crippen LogP contribution in [0.3, 0.4) is 0 Å². The third kappa shape index (κ3) is 4.86. The zero-order valence-electron chi connectivity index (χ0n) is 12.1. The maximum absolute atomic E-state index is 11.8. The third-order valence-electron chi connectivity index (χ3n) is 2.31. The van der Waals surface area contributed by atoms with Crippen molar-refractivity contribution in [3.05, 3.63) is 34.3 Å². The predicted octanol–water partition coefficient (Wildman–Crippen LogP) is 3.29. The summed E-state index contributed by atoms with van der Waals surface area (Å²) in [6.45, 7) is 3.30. The van der Waals surface area contributed by atoms with Gasteiger partial charge < -0.3 is 9.47 Å². The zero-order valence-corrected chi connectivity index (χ0v) is 13.7. The molecule has 1 aromatic carbocycles. The van der Waals surface area contributed by atoms with Crippen molar-refractivity contribution < 1.29 is 19.1 Å². The first-order valence-corrected chi connectivity index (χ1v) is 7.21. The Kier molecular flexibility index (Phi) is 7.05. The fourth-order valence-corrected chi connectivity index (χ4v) is 1.64. The van der Waals surface area contributed by atoms with Gasteiger partial charge in [0, 0.05) is 10.0 Å². The van der Waals surface area contributed by atoms with Gasteiger partial charge in [-0.15, -0.1) is 5.10 Å². The van der Waals surface area contributed by atoms with Crippen LogP contribution in [-0.4, -0.2) is 36.1 Å². The molecule has 0 bridgehead atoms. The molecule has 0 aliphatic heterocycles. The third-order valence-corrected chi connectivity index (χ3v) is 2.83. The van der Waals surface area contributed by atoms with Crippen LogP contribution in [-0.2, 0) is 9.47 Å². The summed E-state index contributed by atoms with van der Waals surface area (Å²) in [5.41, 5.74) is 0.331. The molecule has 0 aliphatic rings. The van der Waals surface area contributed by atoms with E-state index in [1.807, 2.05) is 6.07 Å². The summed E-state index contributed by atoms with van der Waals surface area (Å²) in [5.74, 6) is 0. The van der Waals surface area contributed by atoms with Gasteiger partial charge in [-0.05, 0) is 26.0 Å². The van der Waals surface area contributed by atoms with Crippen molar-refractivity contribution in [3.8, 4) is 6.07 Å². The maximum Gasteiger partial charge on any atom is 0.440 e. The first-order chi connectivity index (χ1) is 10.5. The average Bonchev–Trinajstić information content (AvgIpc) is 2.50. The SMILES string of the molecule is CCOC(=O)N(/N=C(\C#N)c1ccc(Br)cc1)C(=O)OCC. The Bertz CT molecular complexity index is 590. The van der Waals surface area contributed by atoms with E-state index in [9.17, 15) is 14.9 Å². The summed E-state index contributed by atoms with van der Waals surface area (Å²) in [6, 6.07) is 8.51. The summed E-state index contributed by atoms with van der Waals surface area (Å²) in [7, 11) is 0. The van der Waals surface area contributed by atoms with E-state index in [4.69, 9.17) is 9.47 Å². The second-order valence-electron chi connectivity index (χ2n) is 3.78. The number of nitriles is 1. The number of nitrogens with zero attached hydrogens (tertiary/aromatic N) is 3. The summed E-state index contributed by atoms with van der Waals surface area (Å²) >= 11 is 3.27. The van der Waals surface area contributed by atoms with Crippen LogP contribution in [0.4, 0.5) is 9.59 Å². The van der Waals surface area contributed by atoms with Crippen molar-refractivity contribution in [3.63, 3.8) is 0 Å². The molecular formula is C14H14BrN3O4. The lowest BCUT2D eigenvalue weighted by molar-refractivity contribution is 0.0825. The molecule has 0 saturated carbocycles. The second-order valence-corrected chi connectivity index (χ2v) is 4.69. The number of hydrogen-bond acceptors (Lipinski definition) is 6. The van der Waals surface area contributed by atoms with E-state index in [1.165, 1.54) is 0 Å². The lowest BCUT2D eigenvalue weighted by Crippen LogP contribution is -2.34. The minimum atomic E-state index is -1.01. The molecule has 0 unspecified atom stereocenters. The quantitative estimate of drug-likeness (QED) is 0.601. The van der Waals surface area contributed by atoms with E-state index in [2.05, 4.69) is 21.0 Å². The van der Waals surface area contributed by atoms with Crippen LogP contribution in [0.15, 0.2) is 33.8 Å². The van der Waals surface area contributed by atoms with Crippen LogP contribution in [0, 0.1) is 11.3 Å². The number of benzene rings is 1. The number of hydrogen-bond donors (Lipinski definition) is 0. The molecule has 0 heterocycles. The Morgan fingerprint density at radius 3 is 2.09 bits per heavy atom.